The van der Waals surface area contributed by atoms with Gasteiger partial charge in [0.2, 0.25) is 0 Å². The normalized spacial score (nSPS) is 27.2. The number of hydrazone groups is 1. The molecule has 3 fully saturated rings. The number of hydrogen-bond acceptors (Lipinski definition) is 5. The first-order chi connectivity index (χ1) is 14.1. The summed E-state index contributed by atoms with van der Waals surface area (Å²) in [5, 5.41) is 4.72. The summed E-state index contributed by atoms with van der Waals surface area (Å²) >= 11 is 0. The van der Waals surface area contributed by atoms with Crippen LogP contribution < -0.4 is 14.9 Å². The number of nitrogens with zero attached hydrogens (tertiary/aromatic N) is 2. The molecule has 4 aliphatic rings. The van der Waals surface area contributed by atoms with E-state index in [4.69, 9.17) is 14.6 Å². The lowest BCUT2D eigenvalue weighted by Gasteiger charge is -2.45. The van der Waals surface area contributed by atoms with Crippen molar-refractivity contribution >= 4 is 5.71 Å². The van der Waals surface area contributed by atoms with Crippen molar-refractivity contribution in [2.75, 3.05) is 20.2 Å². The number of methoxy groups -OCH3 is 1. The Hall–Kier alpha value is -2.53. The Bertz CT molecular complexity index is 947. The SMILES string of the molecule is COc1cc(C2NN=C3C4CCN(CC4)C32)ccc1OCc1cc(C)ccc1C. The van der Waals surface area contributed by atoms with E-state index in [0.29, 0.717) is 18.6 Å². The van der Waals surface area contributed by atoms with Gasteiger partial charge in [0.05, 0.1) is 24.9 Å². The molecule has 0 amide bonds. The van der Waals surface area contributed by atoms with Gasteiger partial charge in [0.15, 0.2) is 11.5 Å². The molecule has 5 nitrogen and oxygen atoms in total. The Kier molecular flexibility index (Phi) is 4.70. The van der Waals surface area contributed by atoms with Crippen LogP contribution in [-0.2, 0) is 6.61 Å². The molecule has 2 aromatic carbocycles. The van der Waals surface area contributed by atoms with Crippen LogP contribution in [-0.4, -0.2) is 36.9 Å². The van der Waals surface area contributed by atoms with E-state index in [0.717, 1.165) is 11.5 Å². The molecule has 2 unspecified atom stereocenters. The van der Waals surface area contributed by atoms with Crippen molar-refractivity contribution in [3.05, 3.63) is 58.7 Å². The largest absolute Gasteiger partial charge is 0.493 e. The predicted octanol–water partition coefficient (Wildman–Crippen LogP) is 3.99. The Morgan fingerprint density at radius 1 is 1.07 bits per heavy atom. The number of piperidine rings is 3. The van der Waals surface area contributed by atoms with Gasteiger partial charge in [-0.3, -0.25) is 4.90 Å². The third-order valence-corrected chi connectivity index (χ3v) is 6.73. The zero-order chi connectivity index (χ0) is 20.0. The van der Waals surface area contributed by atoms with E-state index in [2.05, 4.69) is 54.5 Å². The van der Waals surface area contributed by atoms with Crippen LogP contribution in [0.1, 0.15) is 41.1 Å². The quantitative estimate of drug-likeness (QED) is 0.837. The van der Waals surface area contributed by atoms with Crippen molar-refractivity contribution in [3.63, 3.8) is 0 Å². The lowest BCUT2D eigenvalue weighted by molar-refractivity contribution is 0.133. The van der Waals surface area contributed by atoms with Gasteiger partial charge in [-0.2, -0.15) is 5.10 Å². The van der Waals surface area contributed by atoms with Gasteiger partial charge in [0, 0.05) is 5.92 Å². The van der Waals surface area contributed by atoms with Crippen molar-refractivity contribution in [3.8, 4) is 11.5 Å². The summed E-state index contributed by atoms with van der Waals surface area (Å²) in [4.78, 5) is 2.58. The minimum absolute atomic E-state index is 0.190. The minimum Gasteiger partial charge on any atom is -0.493 e. The van der Waals surface area contributed by atoms with Crippen molar-refractivity contribution in [1.82, 2.24) is 10.3 Å². The zero-order valence-corrected chi connectivity index (χ0v) is 17.4. The summed E-state index contributed by atoms with van der Waals surface area (Å²) in [7, 11) is 1.71. The van der Waals surface area contributed by atoms with Gasteiger partial charge in [0.1, 0.15) is 6.61 Å². The highest BCUT2D eigenvalue weighted by molar-refractivity contribution is 5.95. The Morgan fingerprint density at radius 2 is 1.90 bits per heavy atom. The first kappa shape index (κ1) is 18.5. The standard InChI is InChI=1S/C24H29N3O2/c1-15-4-5-16(2)19(12-15)14-29-20-7-6-18(13-21(20)28-3)23-24-22(25-26-23)17-8-10-27(24)11-9-17/h4-7,12-13,17,23-24,26H,8-11,14H2,1-3H3. The Morgan fingerprint density at radius 3 is 2.69 bits per heavy atom. The highest BCUT2D eigenvalue weighted by Gasteiger charge is 2.46. The van der Waals surface area contributed by atoms with E-state index in [9.17, 15) is 0 Å². The van der Waals surface area contributed by atoms with Crippen LogP contribution in [0.5, 0.6) is 11.5 Å². The van der Waals surface area contributed by atoms with Crippen LogP contribution in [0.2, 0.25) is 0 Å². The number of benzene rings is 2. The molecule has 3 saturated heterocycles. The highest BCUT2D eigenvalue weighted by atomic mass is 16.5. The van der Waals surface area contributed by atoms with Gasteiger partial charge in [0.25, 0.3) is 0 Å². The third kappa shape index (κ3) is 3.27. The number of rotatable bonds is 5. The second kappa shape index (κ2) is 7.38. The molecule has 152 valence electrons. The Labute approximate surface area is 172 Å². The summed E-state index contributed by atoms with van der Waals surface area (Å²) in [5.41, 5.74) is 9.66. The van der Waals surface area contributed by atoms with Crippen LogP contribution in [0.25, 0.3) is 0 Å². The smallest absolute Gasteiger partial charge is 0.161 e. The minimum atomic E-state index is 0.190. The molecule has 0 radical (unpaired) electrons. The van der Waals surface area contributed by atoms with E-state index in [1.165, 1.54) is 53.9 Å². The lowest BCUT2D eigenvalue weighted by atomic mass is 9.78. The van der Waals surface area contributed by atoms with Gasteiger partial charge in [-0.05, 0) is 68.6 Å². The van der Waals surface area contributed by atoms with Gasteiger partial charge in [-0.15, -0.1) is 0 Å². The van der Waals surface area contributed by atoms with Gasteiger partial charge >= 0.3 is 0 Å². The fourth-order valence-electron chi connectivity index (χ4n) is 5.02. The molecular weight excluding hydrogens is 362 g/mol. The predicted molar refractivity (Wildman–Crippen MR) is 115 cm³/mol. The number of aryl methyl sites for hydroxylation is 2. The molecule has 4 heterocycles. The van der Waals surface area contributed by atoms with Crippen molar-refractivity contribution in [2.45, 2.75) is 45.4 Å². The van der Waals surface area contributed by atoms with Crippen LogP contribution in [0.15, 0.2) is 41.5 Å². The fraction of sp³-hybridized carbons (Fsp3) is 0.458. The first-order valence-corrected chi connectivity index (χ1v) is 10.6. The van der Waals surface area contributed by atoms with Crippen molar-refractivity contribution < 1.29 is 9.47 Å². The molecular formula is C24H29N3O2. The molecule has 0 aromatic heterocycles. The molecule has 5 heteroatoms. The molecule has 0 aliphatic carbocycles. The number of hydrogen-bond donors (Lipinski definition) is 1. The second-order valence-electron chi connectivity index (χ2n) is 8.53. The van der Waals surface area contributed by atoms with Crippen LogP contribution in [0.3, 0.4) is 0 Å². The van der Waals surface area contributed by atoms with E-state index >= 15 is 0 Å². The zero-order valence-electron chi connectivity index (χ0n) is 17.4. The number of ether oxygens (including phenoxy) is 2. The maximum atomic E-state index is 6.14. The lowest BCUT2D eigenvalue weighted by Crippen LogP contribution is -2.56. The molecule has 2 aromatic rings. The fourth-order valence-corrected chi connectivity index (χ4v) is 5.02. The van der Waals surface area contributed by atoms with Crippen molar-refractivity contribution in [2.24, 2.45) is 11.0 Å². The topological polar surface area (TPSA) is 46.1 Å². The van der Waals surface area contributed by atoms with Crippen LogP contribution in [0, 0.1) is 19.8 Å². The van der Waals surface area contributed by atoms with Crippen LogP contribution in [0.4, 0.5) is 0 Å². The monoisotopic (exact) mass is 391 g/mol. The molecule has 0 saturated carbocycles. The Balaban J connectivity index is 1.35. The summed E-state index contributed by atoms with van der Waals surface area (Å²) in [6.45, 7) is 7.13. The maximum Gasteiger partial charge on any atom is 0.161 e. The van der Waals surface area contributed by atoms with E-state index < -0.39 is 0 Å². The average Bonchev–Trinajstić information content (AvgIpc) is 3.23. The molecule has 0 spiro atoms. The number of fused-ring (bicyclic) bond motifs is 2. The molecule has 4 aliphatic heterocycles. The molecule has 1 N–H and O–H groups in total. The van der Waals surface area contributed by atoms with Crippen LogP contribution >= 0.6 is 0 Å². The molecule has 6 rings (SSSR count). The maximum absolute atomic E-state index is 6.14. The van der Waals surface area contributed by atoms with Gasteiger partial charge < -0.3 is 14.9 Å². The summed E-state index contributed by atoms with van der Waals surface area (Å²) in [6, 6.07) is 13.3. The number of nitrogens with one attached hydrogen (secondary N) is 1. The van der Waals surface area contributed by atoms with Gasteiger partial charge in [-0.25, -0.2) is 0 Å². The second-order valence-corrected chi connectivity index (χ2v) is 8.53. The first-order valence-electron chi connectivity index (χ1n) is 10.6. The molecule has 29 heavy (non-hydrogen) atoms. The summed E-state index contributed by atoms with van der Waals surface area (Å²) in [6.07, 6.45) is 2.50. The summed E-state index contributed by atoms with van der Waals surface area (Å²) in [5.74, 6) is 2.21. The third-order valence-electron chi connectivity index (χ3n) is 6.73. The van der Waals surface area contributed by atoms with E-state index in [1.54, 1.807) is 7.11 Å². The van der Waals surface area contributed by atoms with Crippen molar-refractivity contribution in [1.29, 1.82) is 0 Å². The average molecular weight is 392 g/mol. The van der Waals surface area contributed by atoms with E-state index in [1.807, 2.05) is 6.07 Å². The van der Waals surface area contributed by atoms with E-state index in [-0.39, 0.29) is 6.04 Å². The molecule has 2 bridgehead atoms. The van der Waals surface area contributed by atoms with Gasteiger partial charge in [-0.1, -0.05) is 29.8 Å². The molecule has 2 atom stereocenters. The highest BCUT2D eigenvalue weighted by Crippen LogP contribution is 2.40. The summed E-state index contributed by atoms with van der Waals surface area (Å²) < 4.78 is 11.8.